The summed E-state index contributed by atoms with van der Waals surface area (Å²) >= 11 is 0. The number of hydrogen-bond donors (Lipinski definition) is 2. The fourth-order valence-electron chi connectivity index (χ4n) is 3.35. The zero-order valence-corrected chi connectivity index (χ0v) is 15.0. The van der Waals surface area contributed by atoms with Crippen molar-refractivity contribution in [3.8, 4) is 0 Å². The highest BCUT2D eigenvalue weighted by atomic mass is 16.5. The molecule has 142 valence electrons. The summed E-state index contributed by atoms with van der Waals surface area (Å²) in [6.07, 6.45) is 1.64. The predicted molar refractivity (Wildman–Crippen MR) is 97.7 cm³/mol. The number of nitrogens with two attached hydrogens (primary N) is 1. The van der Waals surface area contributed by atoms with Crippen LogP contribution < -0.4 is 11.1 Å². The van der Waals surface area contributed by atoms with Gasteiger partial charge in [-0.2, -0.15) is 0 Å². The van der Waals surface area contributed by atoms with E-state index in [1.54, 1.807) is 0 Å². The van der Waals surface area contributed by atoms with Crippen LogP contribution in [0.5, 0.6) is 0 Å². The molecular weight excluding hydrogens is 334 g/mol. The lowest BCUT2D eigenvalue weighted by Gasteiger charge is -2.34. The van der Waals surface area contributed by atoms with Gasteiger partial charge in [0.1, 0.15) is 0 Å². The number of nitrogens with zero attached hydrogens (tertiary/aromatic N) is 1. The van der Waals surface area contributed by atoms with Crippen LogP contribution in [-0.4, -0.2) is 62.8 Å². The minimum Gasteiger partial charge on any atom is -0.381 e. The molecule has 2 aliphatic rings. The minimum absolute atomic E-state index is 0.0551. The lowest BCUT2D eigenvalue weighted by molar-refractivity contribution is -0.134. The Bertz CT molecular complexity index is 620. The molecule has 3 N–H and O–H groups in total. The molecule has 2 saturated heterocycles. The summed E-state index contributed by atoms with van der Waals surface area (Å²) in [4.78, 5) is 26.8. The number of amides is 2. The number of carbonyl (C=O) groups is 2. The van der Waals surface area contributed by atoms with E-state index in [-0.39, 0.29) is 11.8 Å². The molecule has 2 heterocycles. The third kappa shape index (κ3) is 4.41. The smallest absolute Gasteiger partial charge is 0.232 e. The van der Waals surface area contributed by atoms with Gasteiger partial charge in [0.25, 0.3) is 0 Å². The SMILES string of the molecule is NCC1(C(=O)Nc2ccc(CC(=O)N3CCOCC3)cc2)CCOCC1. The second-order valence-electron chi connectivity index (χ2n) is 6.92. The molecule has 0 saturated carbocycles. The van der Waals surface area contributed by atoms with Crippen LogP contribution in [0, 0.1) is 5.41 Å². The first kappa shape index (κ1) is 18.8. The van der Waals surface area contributed by atoms with Crippen molar-refractivity contribution in [2.75, 3.05) is 51.4 Å². The van der Waals surface area contributed by atoms with E-state index in [1.807, 2.05) is 29.2 Å². The number of anilines is 1. The highest BCUT2D eigenvalue weighted by Crippen LogP contribution is 2.31. The maximum absolute atomic E-state index is 12.7. The molecule has 0 aromatic heterocycles. The maximum Gasteiger partial charge on any atom is 0.232 e. The Labute approximate surface area is 153 Å². The van der Waals surface area contributed by atoms with E-state index in [1.165, 1.54) is 0 Å². The molecule has 7 nitrogen and oxygen atoms in total. The normalized spacial score (nSPS) is 19.8. The molecule has 0 spiro atoms. The van der Waals surface area contributed by atoms with Crippen LogP contribution in [0.1, 0.15) is 18.4 Å². The van der Waals surface area contributed by atoms with E-state index in [0.29, 0.717) is 65.3 Å². The zero-order chi connectivity index (χ0) is 18.4. The highest BCUT2D eigenvalue weighted by Gasteiger charge is 2.38. The molecule has 0 radical (unpaired) electrons. The molecule has 0 bridgehead atoms. The van der Waals surface area contributed by atoms with E-state index in [9.17, 15) is 9.59 Å². The number of hydrogen-bond acceptors (Lipinski definition) is 5. The van der Waals surface area contributed by atoms with Gasteiger partial charge in [-0.3, -0.25) is 9.59 Å². The van der Waals surface area contributed by atoms with Gasteiger partial charge in [-0.25, -0.2) is 0 Å². The van der Waals surface area contributed by atoms with E-state index in [0.717, 1.165) is 11.3 Å². The van der Waals surface area contributed by atoms with E-state index in [4.69, 9.17) is 15.2 Å². The van der Waals surface area contributed by atoms with Crippen LogP contribution in [0.3, 0.4) is 0 Å². The van der Waals surface area contributed by atoms with Crippen LogP contribution in [0.15, 0.2) is 24.3 Å². The molecule has 3 rings (SSSR count). The third-order valence-electron chi connectivity index (χ3n) is 5.25. The molecule has 7 heteroatoms. The quantitative estimate of drug-likeness (QED) is 0.808. The van der Waals surface area contributed by atoms with Crippen molar-refractivity contribution < 1.29 is 19.1 Å². The van der Waals surface area contributed by atoms with Gasteiger partial charge in [-0.15, -0.1) is 0 Å². The molecule has 1 aromatic rings. The minimum atomic E-state index is -0.552. The summed E-state index contributed by atoms with van der Waals surface area (Å²) in [6.45, 7) is 3.94. The lowest BCUT2D eigenvalue weighted by Crippen LogP contribution is -2.46. The van der Waals surface area contributed by atoms with Crippen molar-refractivity contribution in [1.29, 1.82) is 0 Å². The van der Waals surface area contributed by atoms with E-state index < -0.39 is 5.41 Å². The molecule has 0 aliphatic carbocycles. The van der Waals surface area contributed by atoms with Gasteiger partial charge in [-0.1, -0.05) is 12.1 Å². The molecule has 0 atom stereocenters. The lowest BCUT2D eigenvalue weighted by atomic mass is 9.79. The number of ether oxygens (including phenoxy) is 2. The van der Waals surface area contributed by atoms with Crippen LogP contribution in [0.2, 0.25) is 0 Å². The number of rotatable bonds is 5. The standard InChI is InChI=1S/C19H27N3O4/c20-14-19(5-9-25-10-6-19)18(24)21-16-3-1-15(2-4-16)13-17(23)22-7-11-26-12-8-22/h1-4H,5-14,20H2,(H,21,24). The topological polar surface area (TPSA) is 93.9 Å². The Hall–Kier alpha value is -1.96. The Balaban J connectivity index is 1.57. The summed E-state index contributed by atoms with van der Waals surface area (Å²) < 4.78 is 10.6. The largest absolute Gasteiger partial charge is 0.381 e. The average molecular weight is 361 g/mol. The molecule has 26 heavy (non-hydrogen) atoms. The first-order valence-corrected chi connectivity index (χ1v) is 9.17. The highest BCUT2D eigenvalue weighted by molar-refractivity contribution is 5.95. The summed E-state index contributed by atoms with van der Waals surface area (Å²) in [5.41, 5.74) is 6.97. The summed E-state index contributed by atoms with van der Waals surface area (Å²) in [5.74, 6) is 0.0508. The van der Waals surface area contributed by atoms with Crippen LogP contribution >= 0.6 is 0 Å². The van der Waals surface area contributed by atoms with Gasteiger partial charge < -0.3 is 25.4 Å². The predicted octanol–water partition coefficient (Wildman–Crippen LogP) is 0.782. The van der Waals surface area contributed by atoms with Crippen LogP contribution in [0.25, 0.3) is 0 Å². The van der Waals surface area contributed by atoms with Crippen molar-refractivity contribution in [3.05, 3.63) is 29.8 Å². The van der Waals surface area contributed by atoms with Gasteiger partial charge in [0, 0.05) is 38.5 Å². The number of nitrogens with one attached hydrogen (secondary N) is 1. The molecule has 2 amide bonds. The second-order valence-corrected chi connectivity index (χ2v) is 6.92. The van der Waals surface area contributed by atoms with Gasteiger partial charge >= 0.3 is 0 Å². The molecule has 1 aromatic carbocycles. The van der Waals surface area contributed by atoms with Crippen molar-refractivity contribution in [3.63, 3.8) is 0 Å². The van der Waals surface area contributed by atoms with Crippen molar-refractivity contribution in [2.24, 2.45) is 11.1 Å². The monoisotopic (exact) mass is 361 g/mol. The van der Waals surface area contributed by atoms with E-state index in [2.05, 4.69) is 5.32 Å². The first-order valence-electron chi connectivity index (χ1n) is 9.17. The van der Waals surface area contributed by atoms with Gasteiger partial charge in [0.2, 0.25) is 11.8 Å². The fraction of sp³-hybridized carbons (Fsp3) is 0.579. The van der Waals surface area contributed by atoms with Crippen LogP contribution in [0.4, 0.5) is 5.69 Å². The average Bonchev–Trinajstić information content (AvgIpc) is 2.70. The Morgan fingerprint density at radius 3 is 2.27 bits per heavy atom. The Morgan fingerprint density at radius 1 is 1.04 bits per heavy atom. The van der Waals surface area contributed by atoms with Crippen LogP contribution in [-0.2, 0) is 25.5 Å². The maximum atomic E-state index is 12.7. The van der Waals surface area contributed by atoms with E-state index >= 15 is 0 Å². The van der Waals surface area contributed by atoms with Gasteiger partial charge in [0.15, 0.2) is 0 Å². The molecule has 2 fully saturated rings. The summed E-state index contributed by atoms with van der Waals surface area (Å²) in [6, 6.07) is 7.44. The molecular formula is C19H27N3O4. The first-order chi connectivity index (χ1) is 12.6. The van der Waals surface area contributed by atoms with Crippen molar-refractivity contribution in [1.82, 2.24) is 4.90 Å². The number of morpholine rings is 1. The summed E-state index contributed by atoms with van der Waals surface area (Å²) in [7, 11) is 0. The molecule has 2 aliphatic heterocycles. The Morgan fingerprint density at radius 2 is 1.65 bits per heavy atom. The fourth-order valence-corrected chi connectivity index (χ4v) is 3.35. The zero-order valence-electron chi connectivity index (χ0n) is 15.0. The van der Waals surface area contributed by atoms with Crippen molar-refractivity contribution in [2.45, 2.75) is 19.3 Å². The molecule has 0 unspecified atom stereocenters. The van der Waals surface area contributed by atoms with Crippen molar-refractivity contribution >= 4 is 17.5 Å². The van der Waals surface area contributed by atoms with Gasteiger partial charge in [0.05, 0.1) is 25.0 Å². The number of carbonyl (C=O) groups excluding carboxylic acids is 2. The number of benzene rings is 1. The Kier molecular flexibility index (Phi) is 6.24. The second kappa shape index (κ2) is 8.62. The summed E-state index contributed by atoms with van der Waals surface area (Å²) in [5, 5.41) is 2.96. The third-order valence-corrected chi connectivity index (χ3v) is 5.25. The van der Waals surface area contributed by atoms with Gasteiger partial charge in [-0.05, 0) is 30.5 Å².